The van der Waals surface area contributed by atoms with Gasteiger partial charge in [0.15, 0.2) is 0 Å². The molecule has 0 amide bonds. The second-order valence-corrected chi connectivity index (χ2v) is 1.89. The highest BCUT2D eigenvalue weighted by Gasteiger charge is 2.33. The zero-order valence-electron chi connectivity index (χ0n) is 5.57. The van der Waals surface area contributed by atoms with Crippen LogP contribution in [0.15, 0.2) is 12.1 Å². The Balaban J connectivity index is 2.45. The Morgan fingerprint density at radius 1 is 1.64 bits per heavy atom. The van der Waals surface area contributed by atoms with Crippen molar-refractivity contribution in [3.63, 3.8) is 0 Å². The maximum absolute atomic E-state index is 11.5. The molecule has 3 nitrogen and oxygen atoms in total. The molecule has 11 heavy (non-hydrogen) atoms. The number of ether oxygens (including phenoxy) is 1. The Hall–Kier alpha value is -1.07. The van der Waals surface area contributed by atoms with Gasteiger partial charge in [-0.05, 0) is 0 Å². The first-order chi connectivity index (χ1) is 4.97. The molecule has 2 radical (unpaired) electrons. The van der Waals surface area contributed by atoms with Crippen molar-refractivity contribution in [2.24, 2.45) is 0 Å². The van der Waals surface area contributed by atoms with Gasteiger partial charge in [-0.3, -0.25) is 0 Å². The van der Waals surface area contributed by atoms with E-state index in [0.717, 1.165) is 6.20 Å². The first-order valence-corrected chi connectivity index (χ1v) is 2.69. The van der Waals surface area contributed by atoms with Crippen molar-refractivity contribution < 1.29 is 17.9 Å². The number of halogens is 3. The van der Waals surface area contributed by atoms with Crippen LogP contribution in [-0.2, 0) is 4.74 Å². The van der Waals surface area contributed by atoms with Crippen LogP contribution in [0.3, 0.4) is 0 Å². The Labute approximate surface area is 61.4 Å². The summed E-state index contributed by atoms with van der Waals surface area (Å²) < 4.78 is 38.0. The van der Waals surface area contributed by atoms with Crippen molar-refractivity contribution in [3.8, 4) is 0 Å². The van der Waals surface area contributed by atoms with Gasteiger partial charge in [0.25, 0.3) is 0 Å². The molecule has 0 spiro atoms. The van der Waals surface area contributed by atoms with E-state index >= 15 is 0 Å². The van der Waals surface area contributed by atoms with Gasteiger partial charge in [-0.25, -0.2) is 0 Å². The highest BCUT2D eigenvalue weighted by Crippen LogP contribution is 2.21. The van der Waals surface area contributed by atoms with Crippen molar-refractivity contribution in [1.29, 1.82) is 0 Å². The smallest absolute Gasteiger partial charge is 0.389 e. The summed E-state index contributed by atoms with van der Waals surface area (Å²) in [6, 6.07) is 0. The quantitative estimate of drug-likeness (QED) is 0.625. The number of rotatable bonds is 1. The molecule has 0 bridgehead atoms. The Morgan fingerprint density at radius 2 is 2.27 bits per heavy atom. The number of nitrogens with one attached hydrogen (secondary N) is 1. The molecule has 0 saturated heterocycles. The van der Waals surface area contributed by atoms with E-state index in [1.54, 1.807) is 0 Å². The maximum Gasteiger partial charge on any atom is 0.574 e. The summed E-state index contributed by atoms with van der Waals surface area (Å²) in [5, 5.41) is 2.16. The van der Waals surface area contributed by atoms with Gasteiger partial charge in [-0.2, -0.15) is 0 Å². The van der Waals surface area contributed by atoms with E-state index < -0.39 is 6.36 Å². The van der Waals surface area contributed by atoms with Crippen molar-refractivity contribution in [1.82, 2.24) is 10.2 Å². The molecule has 0 fully saturated rings. The lowest BCUT2D eigenvalue weighted by molar-refractivity contribution is -0.307. The first-order valence-electron chi connectivity index (χ1n) is 2.69. The molecule has 1 rings (SSSR count). The number of alkyl halides is 3. The summed E-state index contributed by atoms with van der Waals surface area (Å²) in [5.74, 6) is -0.375. The molecule has 62 valence electrons. The molecule has 0 aliphatic carbocycles. The summed E-state index contributed by atoms with van der Waals surface area (Å²) in [4.78, 5) is 1.29. The van der Waals surface area contributed by atoms with E-state index in [-0.39, 0.29) is 5.88 Å². The second kappa shape index (κ2) is 2.52. The molecular formula is C5H5F3N2O. The van der Waals surface area contributed by atoms with E-state index in [1.165, 1.54) is 11.9 Å². The zero-order valence-corrected chi connectivity index (χ0v) is 5.57. The van der Waals surface area contributed by atoms with Crippen LogP contribution in [0.4, 0.5) is 13.2 Å². The number of hydrogen-bond donors (Lipinski definition) is 1. The minimum atomic E-state index is -4.65. The van der Waals surface area contributed by atoms with Crippen molar-refractivity contribution in [2.45, 2.75) is 6.36 Å². The number of hydrogen-bond acceptors (Lipinski definition) is 3. The van der Waals surface area contributed by atoms with Crippen LogP contribution in [-0.4, -0.2) is 18.3 Å². The summed E-state index contributed by atoms with van der Waals surface area (Å²) in [5.41, 5.74) is 0. The molecule has 0 aromatic rings. The van der Waals surface area contributed by atoms with Gasteiger partial charge in [0.05, 0.1) is 6.20 Å². The van der Waals surface area contributed by atoms with Crippen LogP contribution >= 0.6 is 0 Å². The summed E-state index contributed by atoms with van der Waals surface area (Å²) >= 11 is 0. The predicted molar refractivity (Wildman–Crippen MR) is 29.4 cm³/mol. The van der Waals surface area contributed by atoms with Crippen LogP contribution in [0.5, 0.6) is 0 Å². The SMILES string of the molecule is CN1[C]NC(OC(F)(F)F)=C1. The third-order valence-corrected chi connectivity index (χ3v) is 0.892. The van der Waals surface area contributed by atoms with Gasteiger partial charge in [-0.15, -0.1) is 13.2 Å². The van der Waals surface area contributed by atoms with E-state index in [2.05, 4.69) is 16.7 Å². The normalized spacial score (nSPS) is 17.8. The molecule has 1 aliphatic rings. The molecule has 1 heterocycles. The topological polar surface area (TPSA) is 24.5 Å². The van der Waals surface area contributed by atoms with Gasteiger partial charge in [0.1, 0.15) is 0 Å². The third-order valence-electron chi connectivity index (χ3n) is 0.892. The molecule has 0 aromatic heterocycles. The second-order valence-electron chi connectivity index (χ2n) is 1.89. The Bertz CT molecular complexity index is 177. The monoisotopic (exact) mass is 166 g/mol. The van der Waals surface area contributed by atoms with Gasteiger partial charge >= 0.3 is 6.36 Å². The highest BCUT2D eigenvalue weighted by molar-refractivity contribution is 5.00. The summed E-state index contributed by atoms with van der Waals surface area (Å²) in [7, 11) is 1.53. The largest absolute Gasteiger partial charge is 0.574 e. The van der Waals surface area contributed by atoms with Gasteiger partial charge < -0.3 is 15.0 Å². The van der Waals surface area contributed by atoms with E-state index in [1.807, 2.05) is 0 Å². The minimum Gasteiger partial charge on any atom is -0.389 e. The average Bonchev–Trinajstić information content (AvgIpc) is 2.10. The molecule has 0 unspecified atom stereocenters. The third kappa shape index (κ3) is 2.57. The Morgan fingerprint density at radius 3 is 2.64 bits per heavy atom. The fraction of sp³-hybridized carbons (Fsp3) is 0.400. The van der Waals surface area contributed by atoms with Crippen LogP contribution in [0, 0.1) is 6.67 Å². The fourth-order valence-corrected chi connectivity index (χ4v) is 0.560. The van der Waals surface area contributed by atoms with Crippen molar-refractivity contribution >= 4 is 0 Å². The standard InChI is InChI=1S/C5H5F3N2O/c1-10-2-4(9-3-10)11-5(6,7)8/h2,9H,1H3. The van der Waals surface area contributed by atoms with E-state index in [9.17, 15) is 13.2 Å². The van der Waals surface area contributed by atoms with Gasteiger partial charge in [0.2, 0.25) is 12.6 Å². The minimum absolute atomic E-state index is 0.375. The first kappa shape index (κ1) is 8.03. The molecular weight excluding hydrogens is 161 g/mol. The fourth-order valence-electron chi connectivity index (χ4n) is 0.560. The summed E-state index contributed by atoms with van der Waals surface area (Å²) in [6.45, 7) is 2.36. The predicted octanol–water partition coefficient (Wildman–Crippen LogP) is 0.853. The van der Waals surface area contributed by atoms with Crippen LogP contribution in [0.1, 0.15) is 0 Å². The lowest BCUT2D eigenvalue weighted by atomic mass is 10.8. The average molecular weight is 166 g/mol. The Kier molecular flexibility index (Phi) is 1.84. The lowest BCUT2D eigenvalue weighted by Gasteiger charge is -2.07. The van der Waals surface area contributed by atoms with Crippen molar-refractivity contribution in [2.75, 3.05) is 7.05 Å². The molecule has 0 atom stereocenters. The van der Waals surface area contributed by atoms with E-state index in [4.69, 9.17) is 0 Å². The number of nitrogens with zero attached hydrogens (tertiary/aromatic N) is 1. The summed E-state index contributed by atoms with van der Waals surface area (Å²) in [6.07, 6.45) is -3.51. The van der Waals surface area contributed by atoms with Crippen LogP contribution in [0.2, 0.25) is 0 Å². The molecule has 1 N–H and O–H groups in total. The van der Waals surface area contributed by atoms with Gasteiger partial charge in [0, 0.05) is 7.05 Å². The lowest BCUT2D eigenvalue weighted by Crippen LogP contribution is -2.18. The van der Waals surface area contributed by atoms with Crippen LogP contribution < -0.4 is 5.32 Å². The molecule has 1 aliphatic heterocycles. The molecule has 0 aromatic carbocycles. The maximum atomic E-state index is 11.5. The van der Waals surface area contributed by atoms with E-state index in [0.29, 0.717) is 0 Å². The highest BCUT2D eigenvalue weighted by atomic mass is 19.4. The van der Waals surface area contributed by atoms with Gasteiger partial charge in [-0.1, -0.05) is 0 Å². The zero-order chi connectivity index (χ0) is 8.48. The van der Waals surface area contributed by atoms with Crippen LogP contribution in [0.25, 0.3) is 0 Å². The molecule has 6 heteroatoms. The van der Waals surface area contributed by atoms with Crippen molar-refractivity contribution in [3.05, 3.63) is 18.8 Å². The molecule has 0 saturated carbocycles.